The Kier molecular flexibility index (Phi) is 5.43. The van der Waals surface area contributed by atoms with E-state index in [-0.39, 0.29) is 23.5 Å². The van der Waals surface area contributed by atoms with Gasteiger partial charge in [0.15, 0.2) is 5.82 Å². The van der Waals surface area contributed by atoms with Gasteiger partial charge in [-0.3, -0.25) is 14.7 Å². The second-order valence-corrected chi connectivity index (χ2v) is 6.72. The van der Waals surface area contributed by atoms with Gasteiger partial charge in [0.05, 0.1) is 21.1 Å². The van der Waals surface area contributed by atoms with Crippen LogP contribution in [0.1, 0.15) is 39.5 Å². The quantitative estimate of drug-likeness (QED) is 0.488. The summed E-state index contributed by atoms with van der Waals surface area (Å²) in [5.41, 5.74) is 1.40. The Hall–Kier alpha value is -2.58. The van der Waals surface area contributed by atoms with E-state index in [0.29, 0.717) is 15.1 Å². The van der Waals surface area contributed by atoms with Gasteiger partial charge in [-0.2, -0.15) is 5.10 Å². The lowest BCUT2D eigenvalue weighted by Crippen LogP contribution is -2.27. The van der Waals surface area contributed by atoms with Crippen LogP contribution in [0.2, 0.25) is 5.02 Å². The fourth-order valence-electron chi connectivity index (χ4n) is 2.34. The lowest BCUT2D eigenvalue weighted by Gasteiger charge is -2.11. The van der Waals surface area contributed by atoms with E-state index in [9.17, 15) is 9.59 Å². The van der Waals surface area contributed by atoms with E-state index >= 15 is 0 Å². The fraction of sp³-hybridized carbons (Fsp3) is 0.118. The van der Waals surface area contributed by atoms with Crippen molar-refractivity contribution in [2.24, 2.45) is 0 Å². The fourth-order valence-corrected chi connectivity index (χ4v) is 3.02. The summed E-state index contributed by atoms with van der Waals surface area (Å²) in [6.45, 7) is 1.86. The number of hydrogen-bond donors (Lipinski definition) is 4. The van der Waals surface area contributed by atoms with Crippen LogP contribution >= 0.6 is 27.5 Å². The van der Waals surface area contributed by atoms with Gasteiger partial charge >= 0.3 is 0 Å². The summed E-state index contributed by atoms with van der Waals surface area (Å²) in [7, 11) is 0. The SMILES string of the molecule is CC(NC(=O)c1[nH]nc(NC(=O)c2ccccc2Cl)c1Br)c1ccc[nH]1. The summed E-state index contributed by atoms with van der Waals surface area (Å²) >= 11 is 9.32. The standard InChI is InChI=1S/C17H15BrClN5O2/c1-9(12-7-4-8-20-12)21-17(26)14-13(18)15(24-23-14)22-16(25)10-5-2-3-6-11(10)19/h2-9,20H,1H3,(H,21,26)(H2,22,23,24,25). The second kappa shape index (κ2) is 7.76. The zero-order valence-corrected chi connectivity index (χ0v) is 16.0. The highest BCUT2D eigenvalue weighted by atomic mass is 79.9. The minimum Gasteiger partial charge on any atom is -0.363 e. The van der Waals surface area contributed by atoms with E-state index in [4.69, 9.17) is 11.6 Å². The van der Waals surface area contributed by atoms with Crippen LogP contribution in [0.25, 0.3) is 0 Å². The Labute approximate surface area is 162 Å². The first kappa shape index (κ1) is 18.2. The van der Waals surface area contributed by atoms with Crippen molar-refractivity contribution in [1.82, 2.24) is 20.5 Å². The third-order valence-electron chi connectivity index (χ3n) is 3.72. The smallest absolute Gasteiger partial charge is 0.271 e. The maximum Gasteiger partial charge on any atom is 0.271 e. The van der Waals surface area contributed by atoms with Crippen molar-refractivity contribution in [2.75, 3.05) is 5.32 Å². The summed E-state index contributed by atoms with van der Waals surface area (Å²) in [4.78, 5) is 27.8. The number of aromatic nitrogens is 3. The number of carbonyl (C=O) groups excluding carboxylic acids is 2. The number of benzene rings is 1. The van der Waals surface area contributed by atoms with Crippen molar-refractivity contribution in [3.05, 3.63) is 69.0 Å². The van der Waals surface area contributed by atoms with Crippen LogP contribution in [0.5, 0.6) is 0 Å². The van der Waals surface area contributed by atoms with Crippen molar-refractivity contribution in [3.8, 4) is 0 Å². The van der Waals surface area contributed by atoms with Crippen LogP contribution in [0.3, 0.4) is 0 Å². The molecule has 0 aliphatic heterocycles. The van der Waals surface area contributed by atoms with Gasteiger partial charge in [-0.1, -0.05) is 23.7 Å². The van der Waals surface area contributed by atoms with Gasteiger partial charge in [0.1, 0.15) is 5.69 Å². The lowest BCUT2D eigenvalue weighted by molar-refractivity contribution is 0.0932. The van der Waals surface area contributed by atoms with Crippen molar-refractivity contribution in [2.45, 2.75) is 13.0 Å². The molecule has 4 N–H and O–H groups in total. The van der Waals surface area contributed by atoms with Crippen LogP contribution < -0.4 is 10.6 Å². The monoisotopic (exact) mass is 435 g/mol. The molecule has 0 saturated heterocycles. The predicted octanol–water partition coefficient (Wildman–Crippen LogP) is 3.90. The molecule has 134 valence electrons. The molecule has 1 aromatic carbocycles. The molecule has 0 bridgehead atoms. The van der Waals surface area contributed by atoms with E-state index in [0.717, 1.165) is 5.69 Å². The molecule has 1 unspecified atom stereocenters. The Morgan fingerprint density at radius 1 is 1.19 bits per heavy atom. The molecule has 0 radical (unpaired) electrons. The summed E-state index contributed by atoms with van der Waals surface area (Å²) in [5, 5.41) is 12.4. The molecule has 0 fully saturated rings. The van der Waals surface area contributed by atoms with Gasteiger partial charge in [-0.05, 0) is 47.1 Å². The molecule has 2 heterocycles. The number of carbonyl (C=O) groups is 2. The number of halogens is 2. The number of anilines is 1. The molecule has 3 aromatic rings. The Bertz CT molecular complexity index is 939. The largest absolute Gasteiger partial charge is 0.363 e. The molecule has 0 saturated carbocycles. The molecule has 7 nitrogen and oxygen atoms in total. The van der Waals surface area contributed by atoms with Crippen LogP contribution in [-0.4, -0.2) is 27.0 Å². The molecular weight excluding hydrogens is 422 g/mol. The molecular formula is C17H15BrClN5O2. The number of rotatable bonds is 5. The lowest BCUT2D eigenvalue weighted by atomic mass is 10.2. The summed E-state index contributed by atoms with van der Waals surface area (Å²) in [5.74, 6) is -0.577. The number of nitrogens with one attached hydrogen (secondary N) is 4. The minimum atomic E-state index is -0.422. The molecule has 26 heavy (non-hydrogen) atoms. The Morgan fingerprint density at radius 3 is 2.65 bits per heavy atom. The summed E-state index contributed by atoms with van der Waals surface area (Å²) < 4.78 is 0.356. The van der Waals surface area contributed by atoms with Gasteiger partial charge in [0.2, 0.25) is 0 Å². The maximum absolute atomic E-state index is 12.4. The van der Waals surface area contributed by atoms with E-state index in [1.807, 2.05) is 19.1 Å². The van der Waals surface area contributed by atoms with Crippen molar-refractivity contribution in [1.29, 1.82) is 0 Å². The van der Waals surface area contributed by atoms with Crippen LogP contribution in [0.15, 0.2) is 47.1 Å². The van der Waals surface area contributed by atoms with E-state index < -0.39 is 5.91 Å². The first-order chi connectivity index (χ1) is 12.5. The Morgan fingerprint density at radius 2 is 1.96 bits per heavy atom. The number of hydrogen-bond acceptors (Lipinski definition) is 3. The van der Waals surface area contributed by atoms with Gasteiger partial charge in [-0.25, -0.2) is 0 Å². The molecule has 9 heteroatoms. The van der Waals surface area contributed by atoms with Crippen LogP contribution in [0, 0.1) is 0 Å². The highest BCUT2D eigenvalue weighted by molar-refractivity contribution is 9.10. The topological polar surface area (TPSA) is 103 Å². The first-order valence-electron chi connectivity index (χ1n) is 7.71. The zero-order chi connectivity index (χ0) is 18.7. The first-order valence-corrected chi connectivity index (χ1v) is 8.88. The van der Waals surface area contributed by atoms with E-state index in [1.165, 1.54) is 0 Å². The normalized spacial score (nSPS) is 11.8. The van der Waals surface area contributed by atoms with Gasteiger partial charge in [0.25, 0.3) is 11.8 Å². The van der Waals surface area contributed by atoms with E-state index in [1.54, 1.807) is 30.5 Å². The molecule has 0 aliphatic rings. The highest BCUT2D eigenvalue weighted by Crippen LogP contribution is 2.25. The molecule has 2 aromatic heterocycles. The Balaban J connectivity index is 1.72. The molecule has 0 spiro atoms. The third kappa shape index (κ3) is 3.81. The average molecular weight is 437 g/mol. The summed E-state index contributed by atoms with van der Waals surface area (Å²) in [6, 6.07) is 10.2. The molecule has 1 atom stereocenters. The zero-order valence-electron chi connectivity index (χ0n) is 13.6. The maximum atomic E-state index is 12.4. The molecule has 3 rings (SSSR count). The van der Waals surface area contributed by atoms with Crippen molar-refractivity contribution < 1.29 is 9.59 Å². The average Bonchev–Trinajstić information content (AvgIpc) is 3.26. The number of aromatic amines is 2. The molecule has 0 aliphatic carbocycles. The van der Waals surface area contributed by atoms with Gasteiger partial charge in [-0.15, -0.1) is 0 Å². The second-order valence-electron chi connectivity index (χ2n) is 5.52. The van der Waals surface area contributed by atoms with Crippen LogP contribution in [-0.2, 0) is 0 Å². The minimum absolute atomic E-state index is 0.201. The van der Waals surface area contributed by atoms with Crippen molar-refractivity contribution in [3.63, 3.8) is 0 Å². The summed E-state index contributed by atoms with van der Waals surface area (Å²) in [6.07, 6.45) is 1.78. The van der Waals surface area contributed by atoms with Crippen molar-refractivity contribution >= 4 is 45.2 Å². The van der Waals surface area contributed by atoms with Gasteiger partial charge < -0.3 is 15.6 Å². The highest BCUT2D eigenvalue weighted by Gasteiger charge is 2.21. The number of nitrogens with zero attached hydrogens (tertiary/aromatic N) is 1. The van der Waals surface area contributed by atoms with Gasteiger partial charge in [0, 0.05) is 11.9 Å². The predicted molar refractivity (Wildman–Crippen MR) is 102 cm³/mol. The third-order valence-corrected chi connectivity index (χ3v) is 4.82. The molecule has 2 amide bonds. The van der Waals surface area contributed by atoms with E-state index in [2.05, 4.69) is 41.7 Å². The van der Waals surface area contributed by atoms with Crippen LogP contribution in [0.4, 0.5) is 5.82 Å². The number of amides is 2. The number of H-pyrrole nitrogens is 2.